The fourth-order valence-electron chi connectivity index (χ4n) is 5.90. The molecule has 2 nitrogen and oxygen atoms in total. The maximum atomic E-state index is 2.52. The topological polar surface area (TPSA) is 7.76 Å². The summed E-state index contributed by atoms with van der Waals surface area (Å²) in [7, 11) is 0. The van der Waals surface area contributed by atoms with Crippen LogP contribution in [0.15, 0.2) is 48.8 Å². The van der Waals surface area contributed by atoms with Gasteiger partial charge in [-0.05, 0) is 19.3 Å². The first-order chi connectivity index (χ1) is 19.3. The first-order valence-electron chi connectivity index (χ1n) is 17.3. The Morgan fingerprint density at radius 3 is 1.05 bits per heavy atom. The zero-order chi connectivity index (χ0) is 27.6. The molecule has 2 rings (SSSR count). The molecule has 0 aliphatic rings. The van der Waals surface area contributed by atoms with E-state index >= 15 is 0 Å². The van der Waals surface area contributed by atoms with Gasteiger partial charge in [-0.2, -0.15) is 0 Å². The molecule has 0 N–H and O–H groups in total. The standard InChI is InChI=1S/C37H64N2.2HI/c1-3-5-7-9-11-13-15-17-19-23-32-38-34-25-21-28-36(38)30-27-31-37-29-22-26-35-39(37)33-24-20-18-16-14-12-10-8-6-4-2;;/h21-22,25-26,28-29,34-35H,3-20,23-24,27,30-33H2,1-2H3;2*1H/q+2;;/p-2. The van der Waals surface area contributed by atoms with Crippen molar-refractivity contribution in [3.63, 3.8) is 0 Å². The lowest BCUT2D eigenvalue weighted by Gasteiger charge is -2.06. The molecule has 0 radical (unpaired) electrons. The molecule has 2 aromatic rings. The van der Waals surface area contributed by atoms with Gasteiger partial charge in [-0.25, -0.2) is 9.13 Å². The Kier molecular flexibility index (Phi) is 29.6. The van der Waals surface area contributed by atoms with Crippen molar-refractivity contribution in [3.8, 4) is 0 Å². The second kappa shape index (κ2) is 29.8. The zero-order valence-electron chi connectivity index (χ0n) is 26.9. The molecular weight excluding hydrogens is 726 g/mol. The van der Waals surface area contributed by atoms with Crippen LogP contribution in [0.4, 0.5) is 0 Å². The summed E-state index contributed by atoms with van der Waals surface area (Å²) >= 11 is 0. The molecule has 0 aliphatic heterocycles. The molecule has 2 aromatic heterocycles. The van der Waals surface area contributed by atoms with E-state index < -0.39 is 0 Å². The average Bonchev–Trinajstić information content (AvgIpc) is 2.96. The molecule has 0 aromatic carbocycles. The van der Waals surface area contributed by atoms with Gasteiger partial charge in [-0.1, -0.05) is 129 Å². The summed E-state index contributed by atoms with van der Waals surface area (Å²) in [5, 5.41) is 0. The fraction of sp³-hybridized carbons (Fsp3) is 0.730. The molecule has 0 saturated heterocycles. The average molecular weight is 791 g/mol. The number of pyridine rings is 2. The van der Waals surface area contributed by atoms with Gasteiger partial charge in [0.2, 0.25) is 0 Å². The van der Waals surface area contributed by atoms with Crippen LogP contribution in [0, 0.1) is 0 Å². The molecular formula is C37H64I2N2. The number of hydrogen-bond acceptors (Lipinski definition) is 0. The van der Waals surface area contributed by atoms with Crippen molar-refractivity contribution >= 4 is 0 Å². The molecule has 0 spiro atoms. The summed E-state index contributed by atoms with van der Waals surface area (Å²) in [5.41, 5.74) is 3.01. The molecule has 236 valence electrons. The number of aryl methyl sites for hydroxylation is 4. The molecule has 0 saturated carbocycles. The van der Waals surface area contributed by atoms with E-state index in [1.54, 1.807) is 0 Å². The summed E-state index contributed by atoms with van der Waals surface area (Å²) in [5.74, 6) is 0. The Morgan fingerprint density at radius 2 is 0.707 bits per heavy atom. The van der Waals surface area contributed by atoms with E-state index in [1.165, 1.54) is 172 Å². The van der Waals surface area contributed by atoms with E-state index in [4.69, 9.17) is 0 Å². The first-order valence-corrected chi connectivity index (χ1v) is 17.3. The van der Waals surface area contributed by atoms with Crippen molar-refractivity contribution in [1.82, 2.24) is 0 Å². The smallest absolute Gasteiger partial charge is 0.181 e. The van der Waals surface area contributed by atoms with Crippen LogP contribution in [0.3, 0.4) is 0 Å². The molecule has 2 heterocycles. The summed E-state index contributed by atoms with van der Waals surface area (Å²) in [6, 6.07) is 13.5. The predicted molar refractivity (Wildman–Crippen MR) is 169 cm³/mol. The van der Waals surface area contributed by atoms with Gasteiger partial charge in [-0.3, -0.25) is 0 Å². The van der Waals surface area contributed by atoms with Crippen LogP contribution < -0.4 is 57.1 Å². The van der Waals surface area contributed by atoms with Crippen molar-refractivity contribution < 1.29 is 57.1 Å². The Morgan fingerprint density at radius 1 is 0.390 bits per heavy atom. The number of nitrogens with zero attached hydrogens (tertiary/aromatic N) is 2. The van der Waals surface area contributed by atoms with E-state index in [0.29, 0.717) is 0 Å². The van der Waals surface area contributed by atoms with E-state index in [1.807, 2.05) is 0 Å². The van der Waals surface area contributed by atoms with Crippen LogP contribution in [0.5, 0.6) is 0 Å². The molecule has 4 heteroatoms. The number of unbranched alkanes of at least 4 members (excludes halogenated alkanes) is 18. The Labute approximate surface area is 289 Å². The number of hydrogen-bond donors (Lipinski definition) is 0. The van der Waals surface area contributed by atoms with Crippen LogP contribution in [0.1, 0.15) is 160 Å². The SMILES string of the molecule is CCCCCCCCCCCC[n+]1ccccc1CCCc1cccc[n+]1CCCCCCCCCCCC.[I-].[I-]. The van der Waals surface area contributed by atoms with Crippen molar-refractivity contribution in [2.75, 3.05) is 0 Å². The molecule has 41 heavy (non-hydrogen) atoms. The molecule has 0 unspecified atom stereocenters. The molecule has 0 amide bonds. The van der Waals surface area contributed by atoms with Crippen LogP contribution >= 0.6 is 0 Å². The zero-order valence-corrected chi connectivity index (χ0v) is 31.3. The lowest BCUT2D eigenvalue weighted by Crippen LogP contribution is -3.00. The predicted octanol–water partition coefficient (Wildman–Crippen LogP) is 4.29. The highest BCUT2D eigenvalue weighted by Crippen LogP contribution is 2.12. The molecule has 0 atom stereocenters. The van der Waals surface area contributed by atoms with E-state index in [9.17, 15) is 0 Å². The van der Waals surface area contributed by atoms with E-state index in [2.05, 4.69) is 71.8 Å². The van der Waals surface area contributed by atoms with Crippen molar-refractivity contribution in [3.05, 3.63) is 60.2 Å². The monoisotopic (exact) mass is 790 g/mol. The molecule has 0 fully saturated rings. The second-order valence-electron chi connectivity index (χ2n) is 12.0. The van der Waals surface area contributed by atoms with E-state index in [-0.39, 0.29) is 48.0 Å². The third kappa shape index (κ3) is 21.2. The minimum atomic E-state index is 0. The lowest BCUT2D eigenvalue weighted by molar-refractivity contribution is -0.706. The third-order valence-corrected chi connectivity index (χ3v) is 8.44. The van der Waals surface area contributed by atoms with Gasteiger partial charge >= 0.3 is 0 Å². The van der Waals surface area contributed by atoms with Crippen molar-refractivity contribution in [2.45, 2.75) is 175 Å². The summed E-state index contributed by atoms with van der Waals surface area (Å²) < 4.78 is 5.04. The highest BCUT2D eigenvalue weighted by atomic mass is 127. The first kappa shape index (κ1) is 40.8. The van der Waals surface area contributed by atoms with Gasteiger partial charge in [0.15, 0.2) is 23.8 Å². The van der Waals surface area contributed by atoms with Gasteiger partial charge in [0.25, 0.3) is 0 Å². The minimum Gasteiger partial charge on any atom is -1.00 e. The second-order valence-corrected chi connectivity index (χ2v) is 12.0. The number of aromatic nitrogens is 2. The molecule has 0 aliphatic carbocycles. The van der Waals surface area contributed by atoms with Gasteiger partial charge < -0.3 is 48.0 Å². The maximum absolute atomic E-state index is 2.52. The van der Waals surface area contributed by atoms with Crippen molar-refractivity contribution in [1.29, 1.82) is 0 Å². The largest absolute Gasteiger partial charge is 1.00 e. The van der Waals surface area contributed by atoms with Gasteiger partial charge in [0.05, 0.1) is 0 Å². The number of halogens is 2. The Hall–Kier alpha value is -0.240. The normalized spacial score (nSPS) is 10.8. The maximum Gasteiger partial charge on any atom is 0.181 e. The van der Waals surface area contributed by atoms with Crippen LogP contribution in [0.25, 0.3) is 0 Å². The third-order valence-electron chi connectivity index (χ3n) is 8.44. The molecule has 0 bridgehead atoms. The van der Waals surface area contributed by atoms with Crippen LogP contribution in [-0.2, 0) is 25.9 Å². The summed E-state index contributed by atoms with van der Waals surface area (Å²) in [4.78, 5) is 0. The minimum absolute atomic E-state index is 0. The van der Waals surface area contributed by atoms with Crippen molar-refractivity contribution in [2.24, 2.45) is 0 Å². The Balaban J connectivity index is 0.00000800. The van der Waals surface area contributed by atoms with E-state index in [0.717, 1.165) is 0 Å². The highest BCUT2D eigenvalue weighted by Gasteiger charge is 2.13. The van der Waals surface area contributed by atoms with Crippen LogP contribution in [0.2, 0.25) is 0 Å². The summed E-state index contributed by atoms with van der Waals surface area (Å²) in [6.45, 7) is 6.96. The van der Waals surface area contributed by atoms with Gasteiger partial charge in [-0.15, -0.1) is 0 Å². The van der Waals surface area contributed by atoms with Gasteiger partial charge in [0, 0.05) is 49.9 Å². The number of rotatable bonds is 26. The fourth-order valence-corrected chi connectivity index (χ4v) is 5.90. The highest BCUT2D eigenvalue weighted by molar-refractivity contribution is 5.00. The lowest BCUT2D eigenvalue weighted by atomic mass is 10.1. The van der Waals surface area contributed by atoms with Gasteiger partial charge in [0.1, 0.15) is 13.1 Å². The quantitative estimate of drug-likeness (QED) is 0.0765. The van der Waals surface area contributed by atoms with Crippen LogP contribution in [-0.4, -0.2) is 0 Å². The Bertz CT molecular complexity index is 759. The summed E-state index contributed by atoms with van der Waals surface area (Å²) in [6.07, 6.45) is 36.3.